The highest BCUT2D eigenvalue weighted by molar-refractivity contribution is 5.95. The molecule has 1 atom stereocenters. The highest BCUT2D eigenvalue weighted by Crippen LogP contribution is 2.36. The van der Waals surface area contributed by atoms with E-state index in [1.54, 1.807) is 49.5 Å². The monoisotopic (exact) mass is 467 g/mol. The van der Waals surface area contributed by atoms with Crippen molar-refractivity contribution in [3.05, 3.63) is 47.9 Å². The lowest BCUT2D eigenvalue weighted by Crippen LogP contribution is -2.30. The second-order valence-electron chi connectivity index (χ2n) is 7.71. The van der Waals surface area contributed by atoms with Gasteiger partial charge in [-0.2, -0.15) is 4.98 Å². The van der Waals surface area contributed by atoms with Gasteiger partial charge in [-0.05, 0) is 63.1 Å². The summed E-state index contributed by atoms with van der Waals surface area (Å²) >= 11 is 0. The molecule has 34 heavy (non-hydrogen) atoms. The average molecular weight is 468 g/mol. The van der Waals surface area contributed by atoms with Gasteiger partial charge in [-0.1, -0.05) is 5.16 Å². The molecular weight excluding hydrogens is 438 g/mol. The van der Waals surface area contributed by atoms with Gasteiger partial charge >= 0.3 is 0 Å². The summed E-state index contributed by atoms with van der Waals surface area (Å²) < 4.78 is 27.6. The number of ether oxygens (including phenoxy) is 4. The van der Waals surface area contributed by atoms with Crippen LogP contribution in [0.2, 0.25) is 0 Å². The van der Waals surface area contributed by atoms with Gasteiger partial charge in [0.1, 0.15) is 6.04 Å². The summed E-state index contributed by atoms with van der Waals surface area (Å²) in [7, 11) is 3.15. The third-order valence-corrected chi connectivity index (χ3v) is 5.67. The van der Waals surface area contributed by atoms with E-state index in [2.05, 4.69) is 10.1 Å². The minimum atomic E-state index is -0.295. The Labute approximate surface area is 198 Å². The lowest BCUT2D eigenvalue weighted by molar-refractivity contribution is 0.0709. The van der Waals surface area contributed by atoms with E-state index in [9.17, 15) is 4.79 Å². The van der Waals surface area contributed by atoms with Crippen LogP contribution in [0.15, 0.2) is 40.9 Å². The Morgan fingerprint density at radius 2 is 1.74 bits per heavy atom. The van der Waals surface area contributed by atoms with Gasteiger partial charge in [0.05, 0.1) is 27.4 Å². The molecule has 4 rings (SSSR count). The molecule has 0 radical (unpaired) electrons. The fourth-order valence-corrected chi connectivity index (χ4v) is 4.08. The summed E-state index contributed by atoms with van der Waals surface area (Å²) in [4.78, 5) is 19.8. The molecule has 1 aliphatic heterocycles. The quantitative estimate of drug-likeness (QED) is 0.453. The summed E-state index contributed by atoms with van der Waals surface area (Å²) in [5, 5.41) is 4.14. The van der Waals surface area contributed by atoms with E-state index in [1.165, 1.54) is 0 Å². The fourth-order valence-electron chi connectivity index (χ4n) is 4.08. The van der Waals surface area contributed by atoms with Crippen molar-refractivity contribution in [2.24, 2.45) is 0 Å². The number of benzene rings is 2. The number of amides is 1. The Morgan fingerprint density at radius 1 is 1.00 bits per heavy atom. The molecule has 0 aliphatic carbocycles. The molecule has 0 spiro atoms. The van der Waals surface area contributed by atoms with Gasteiger partial charge in [0, 0.05) is 17.7 Å². The molecule has 1 amide bonds. The molecule has 2 aromatic carbocycles. The van der Waals surface area contributed by atoms with Gasteiger partial charge in [0.25, 0.3) is 5.91 Å². The molecule has 180 valence electrons. The third-order valence-electron chi connectivity index (χ3n) is 5.67. The topological polar surface area (TPSA) is 96.2 Å². The average Bonchev–Trinajstić information content (AvgIpc) is 3.54. The molecule has 0 bridgehead atoms. The van der Waals surface area contributed by atoms with Crippen molar-refractivity contribution in [3.8, 4) is 34.4 Å². The second-order valence-corrected chi connectivity index (χ2v) is 7.71. The Hall–Kier alpha value is -3.75. The van der Waals surface area contributed by atoms with Crippen molar-refractivity contribution in [2.75, 3.05) is 34.0 Å². The van der Waals surface area contributed by atoms with E-state index in [0.29, 0.717) is 60.0 Å². The Balaban J connectivity index is 1.57. The maximum Gasteiger partial charge on any atom is 0.254 e. The minimum Gasteiger partial charge on any atom is -0.493 e. The van der Waals surface area contributed by atoms with Crippen LogP contribution in [-0.2, 0) is 0 Å². The highest BCUT2D eigenvalue weighted by atomic mass is 16.5. The SMILES string of the molecule is CCOc1ccc(C(=O)N2CCCC2c2nc(-c3ccc(OC)c(OC)c3)no2)cc1OCC. The second kappa shape index (κ2) is 10.5. The molecule has 1 aliphatic rings. The third kappa shape index (κ3) is 4.64. The van der Waals surface area contributed by atoms with E-state index in [4.69, 9.17) is 23.5 Å². The first-order chi connectivity index (χ1) is 16.6. The van der Waals surface area contributed by atoms with E-state index < -0.39 is 0 Å². The van der Waals surface area contributed by atoms with E-state index in [1.807, 2.05) is 19.9 Å². The Bertz CT molecular complexity index is 1150. The van der Waals surface area contributed by atoms with Gasteiger partial charge in [-0.25, -0.2) is 0 Å². The summed E-state index contributed by atoms with van der Waals surface area (Å²) in [5.41, 5.74) is 1.26. The van der Waals surface area contributed by atoms with Crippen molar-refractivity contribution in [2.45, 2.75) is 32.7 Å². The first-order valence-electron chi connectivity index (χ1n) is 11.4. The van der Waals surface area contributed by atoms with Crippen LogP contribution in [0.1, 0.15) is 49.0 Å². The van der Waals surface area contributed by atoms with Crippen LogP contribution < -0.4 is 18.9 Å². The molecule has 0 saturated carbocycles. The van der Waals surface area contributed by atoms with Gasteiger partial charge < -0.3 is 28.4 Å². The molecule has 1 aromatic heterocycles. The summed E-state index contributed by atoms with van der Waals surface area (Å²) in [6.07, 6.45) is 1.59. The number of methoxy groups -OCH3 is 2. The van der Waals surface area contributed by atoms with Crippen LogP contribution in [0, 0.1) is 0 Å². The molecule has 0 N–H and O–H groups in total. The first-order valence-corrected chi connectivity index (χ1v) is 11.4. The first kappa shape index (κ1) is 23.4. The predicted octanol–water partition coefficient (Wildman–Crippen LogP) is 4.53. The zero-order valence-electron chi connectivity index (χ0n) is 19.9. The fraction of sp³-hybridized carbons (Fsp3) is 0.400. The van der Waals surface area contributed by atoms with E-state index in [0.717, 1.165) is 18.4 Å². The molecule has 9 heteroatoms. The zero-order chi connectivity index (χ0) is 24.1. The molecular formula is C25H29N3O6. The highest BCUT2D eigenvalue weighted by Gasteiger charge is 2.35. The number of rotatable bonds is 9. The van der Waals surface area contributed by atoms with Crippen LogP contribution in [0.25, 0.3) is 11.4 Å². The molecule has 9 nitrogen and oxygen atoms in total. The zero-order valence-corrected chi connectivity index (χ0v) is 19.9. The van der Waals surface area contributed by atoms with Gasteiger partial charge in [0.2, 0.25) is 11.7 Å². The number of nitrogens with zero attached hydrogens (tertiary/aromatic N) is 3. The molecule has 1 fully saturated rings. The van der Waals surface area contributed by atoms with Crippen LogP contribution in [0.3, 0.4) is 0 Å². The van der Waals surface area contributed by atoms with Crippen molar-refractivity contribution < 1.29 is 28.3 Å². The number of aromatic nitrogens is 2. The summed E-state index contributed by atoms with van der Waals surface area (Å²) in [5.74, 6) is 3.09. The number of hydrogen-bond acceptors (Lipinski definition) is 8. The Morgan fingerprint density at radius 3 is 2.47 bits per heavy atom. The van der Waals surface area contributed by atoms with Gasteiger partial charge in [-0.15, -0.1) is 0 Å². The number of likely N-dealkylation sites (tertiary alicyclic amines) is 1. The maximum atomic E-state index is 13.4. The Kier molecular flexibility index (Phi) is 7.20. The number of hydrogen-bond donors (Lipinski definition) is 0. The van der Waals surface area contributed by atoms with Gasteiger partial charge in [-0.3, -0.25) is 4.79 Å². The summed E-state index contributed by atoms with van der Waals surface area (Å²) in [6, 6.07) is 10.4. The van der Waals surface area contributed by atoms with Crippen molar-refractivity contribution in [1.29, 1.82) is 0 Å². The lowest BCUT2D eigenvalue weighted by Gasteiger charge is -2.22. The number of carbonyl (C=O) groups is 1. The van der Waals surface area contributed by atoms with Crippen LogP contribution in [-0.4, -0.2) is 54.9 Å². The standard InChI is InChI=1S/C25H29N3O6/c1-5-32-20-12-10-17(15-22(20)33-6-2)25(29)28-13-7-8-18(28)24-26-23(27-34-24)16-9-11-19(30-3)21(14-16)31-4/h9-12,14-15,18H,5-8,13H2,1-4H3. The maximum absolute atomic E-state index is 13.4. The normalized spacial score (nSPS) is 15.3. The lowest BCUT2D eigenvalue weighted by atomic mass is 10.1. The van der Waals surface area contributed by atoms with Gasteiger partial charge in [0.15, 0.2) is 23.0 Å². The van der Waals surface area contributed by atoms with Crippen LogP contribution >= 0.6 is 0 Å². The predicted molar refractivity (Wildman–Crippen MR) is 125 cm³/mol. The summed E-state index contributed by atoms with van der Waals surface area (Å²) in [6.45, 7) is 5.40. The molecule has 1 saturated heterocycles. The largest absolute Gasteiger partial charge is 0.493 e. The molecule has 1 unspecified atom stereocenters. The smallest absolute Gasteiger partial charge is 0.254 e. The molecule has 3 aromatic rings. The van der Waals surface area contributed by atoms with Crippen LogP contribution in [0.4, 0.5) is 0 Å². The van der Waals surface area contributed by atoms with E-state index >= 15 is 0 Å². The van der Waals surface area contributed by atoms with Crippen LogP contribution in [0.5, 0.6) is 23.0 Å². The minimum absolute atomic E-state index is 0.114. The van der Waals surface area contributed by atoms with Crippen molar-refractivity contribution >= 4 is 5.91 Å². The number of carbonyl (C=O) groups excluding carboxylic acids is 1. The van der Waals surface area contributed by atoms with Crippen molar-refractivity contribution in [1.82, 2.24) is 15.0 Å². The van der Waals surface area contributed by atoms with Crippen molar-refractivity contribution in [3.63, 3.8) is 0 Å². The molecule has 2 heterocycles. The van der Waals surface area contributed by atoms with E-state index in [-0.39, 0.29) is 11.9 Å².